The third-order valence-corrected chi connectivity index (χ3v) is 8.55. The Morgan fingerprint density at radius 2 is 2.00 bits per heavy atom. The van der Waals surface area contributed by atoms with Crippen molar-refractivity contribution in [2.75, 3.05) is 19.7 Å². The minimum atomic E-state index is -1.65. The molecule has 1 heterocycles. The van der Waals surface area contributed by atoms with Crippen molar-refractivity contribution in [1.82, 2.24) is 5.32 Å². The molecular formula is C12H27NO2Si. The monoisotopic (exact) mass is 245 g/mol. The second kappa shape index (κ2) is 5.17. The Morgan fingerprint density at radius 3 is 2.50 bits per heavy atom. The molecule has 4 heteroatoms. The summed E-state index contributed by atoms with van der Waals surface area (Å²) in [6.07, 6.45) is 0.786. The van der Waals surface area contributed by atoms with E-state index in [4.69, 9.17) is 4.43 Å². The van der Waals surface area contributed by atoms with E-state index in [0.29, 0.717) is 12.5 Å². The lowest BCUT2D eigenvalue weighted by atomic mass is 9.96. The van der Waals surface area contributed by atoms with Crippen LogP contribution in [0.25, 0.3) is 0 Å². The maximum Gasteiger partial charge on any atom is 0.191 e. The Balaban J connectivity index is 2.44. The zero-order chi connectivity index (χ0) is 12.4. The molecule has 0 bridgehead atoms. The first kappa shape index (κ1) is 14.2. The van der Waals surface area contributed by atoms with Crippen LogP contribution in [0.15, 0.2) is 0 Å². The second-order valence-electron chi connectivity index (χ2n) is 6.39. The van der Waals surface area contributed by atoms with Gasteiger partial charge in [-0.25, -0.2) is 0 Å². The fourth-order valence-corrected chi connectivity index (χ4v) is 2.69. The summed E-state index contributed by atoms with van der Waals surface area (Å²) < 4.78 is 6.15. The molecule has 2 unspecified atom stereocenters. The quantitative estimate of drug-likeness (QED) is 0.747. The summed E-state index contributed by atoms with van der Waals surface area (Å²) in [5, 5.41) is 13.3. The third kappa shape index (κ3) is 3.55. The summed E-state index contributed by atoms with van der Waals surface area (Å²) in [5.74, 6) is 0.315. The minimum absolute atomic E-state index is 0.237. The van der Waals surface area contributed by atoms with Crippen molar-refractivity contribution in [3.63, 3.8) is 0 Å². The molecule has 0 radical (unpaired) electrons. The molecule has 2 atom stereocenters. The highest BCUT2D eigenvalue weighted by molar-refractivity contribution is 6.74. The fourth-order valence-electron chi connectivity index (χ4n) is 1.62. The molecule has 1 saturated heterocycles. The van der Waals surface area contributed by atoms with E-state index in [2.05, 4.69) is 39.2 Å². The first-order chi connectivity index (χ1) is 7.24. The molecule has 0 aromatic carbocycles. The molecule has 0 spiro atoms. The van der Waals surface area contributed by atoms with E-state index in [9.17, 15) is 5.11 Å². The minimum Gasteiger partial charge on any atom is -0.416 e. The van der Waals surface area contributed by atoms with Gasteiger partial charge in [0.2, 0.25) is 0 Å². The SMILES string of the molecule is CC(C)(C)[Si](C)(C)OCC1CCNCC1O. The highest BCUT2D eigenvalue weighted by Gasteiger charge is 2.38. The molecular weight excluding hydrogens is 218 g/mol. The molecule has 0 aromatic heterocycles. The summed E-state index contributed by atoms with van der Waals surface area (Å²) in [6, 6.07) is 0. The molecule has 3 nitrogen and oxygen atoms in total. The van der Waals surface area contributed by atoms with Gasteiger partial charge in [-0.05, 0) is 31.1 Å². The molecule has 0 amide bonds. The van der Waals surface area contributed by atoms with E-state index < -0.39 is 8.32 Å². The lowest BCUT2D eigenvalue weighted by molar-refractivity contribution is 0.0490. The maximum atomic E-state index is 9.84. The molecule has 16 heavy (non-hydrogen) atoms. The highest BCUT2D eigenvalue weighted by Crippen LogP contribution is 2.37. The van der Waals surface area contributed by atoms with Crippen molar-refractivity contribution in [1.29, 1.82) is 0 Å². The number of hydrogen-bond acceptors (Lipinski definition) is 3. The van der Waals surface area contributed by atoms with Crippen molar-refractivity contribution < 1.29 is 9.53 Å². The van der Waals surface area contributed by atoms with Gasteiger partial charge in [0.25, 0.3) is 0 Å². The van der Waals surface area contributed by atoms with Crippen molar-refractivity contribution in [2.24, 2.45) is 5.92 Å². The van der Waals surface area contributed by atoms with E-state index >= 15 is 0 Å². The van der Waals surface area contributed by atoms with Gasteiger partial charge in [0, 0.05) is 19.1 Å². The molecule has 1 aliphatic rings. The van der Waals surface area contributed by atoms with Gasteiger partial charge < -0.3 is 14.8 Å². The molecule has 1 aliphatic heterocycles. The van der Waals surface area contributed by atoms with Gasteiger partial charge in [0.05, 0.1) is 6.10 Å². The van der Waals surface area contributed by atoms with Gasteiger partial charge >= 0.3 is 0 Å². The van der Waals surface area contributed by atoms with E-state index in [0.717, 1.165) is 19.6 Å². The van der Waals surface area contributed by atoms with Crippen molar-refractivity contribution in [3.8, 4) is 0 Å². The Labute approximate surface area is 101 Å². The number of aliphatic hydroxyl groups excluding tert-OH is 1. The summed E-state index contributed by atoms with van der Waals surface area (Å²) in [7, 11) is -1.65. The lowest BCUT2D eigenvalue weighted by Gasteiger charge is -2.38. The van der Waals surface area contributed by atoms with Crippen LogP contribution in [0.4, 0.5) is 0 Å². The molecule has 1 fully saturated rings. The molecule has 1 rings (SSSR count). The van der Waals surface area contributed by atoms with Crippen LogP contribution in [-0.4, -0.2) is 39.2 Å². The Kier molecular flexibility index (Phi) is 4.57. The summed E-state index contributed by atoms with van der Waals surface area (Å²) >= 11 is 0. The van der Waals surface area contributed by atoms with E-state index in [-0.39, 0.29) is 11.1 Å². The Bertz CT molecular complexity index is 226. The Morgan fingerprint density at radius 1 is 1.38 bits per heavy atom. The highest BCUT2D eigenvalue weighted by atomic mass is 28.4. The lowest BCUT2D eigenvalue weighted by Crippen LogP contribution is -2.47. The topological polar surface area (TPSA) is 41.5 Å². The summed E-state index contributed by atoms with van der Waals surface area (Å²) in [6.45, 7) is 13.7. The van der Waals surface area contributed by atoms with E-state index in [1.165, 1.54) is 0 Å². The first-order valence-electron chi connectivity index (χ1n) is 6.27. The largest absolute Gasteiger partial charge is 0.416 e. The summed E-state index contributed by atoms with van der Waals surface area (Å²) in [5.41, 5.74) is 0. The average Bonchev–Trinajstić information content (AvgIpc) is 2.15. The molecule has 96 valence electrons. The number of β-amino-alcohol motifs (C(OH)–C–C–N with tert-alkyl or cyclic N) is 1. The van der Waals surface area contributed by atoms with Gasteiger partial charge in [-0.2, -0.15) is 0 Å². The molecule has 2 N–H and O–H groups in total. The van der Waals surface area contributed by atoms with Crippen LogP contribution in [-0.2, 0) is 4.43 Å². The van der Waals surface area contributed by atoms with Crippen molar-refractivity contribution in [3.05, 3.63) is 0 Å². The second-order valence-corrected chi connectivity index (χ2v) is 11.2. The van der Waals surface area contributed by atoms with E-state index in [1.54, 1.807) is 0 Å². The summed E-state index contributed by atoms with van der Waals surface area (Å²) in [4.78, 5) is 0. The van der Waals surface area contributed by atoms with Gasteiger partial charge in [0.15, 0.2) is 8.32 Å². The third-order valence-electron chi connectivity index (χ3n) is 4.05. The normalized spacial score (nSPS) is 28.1. The van der Waals surface area contributed by atoms with Crippen LogP contribution in [0.5, 0.6) is 0 Å². The number of rotatable bonds is 3. The zero-order valence-electron chi connectivity index (χ0n) is 11.3. The zero-order valence-corrected chi connectivity index (χ0v) is 12.3. The number of piperidine rings is 1. The first-order valence-corrected chi connectivity index (χ1v) is 9.17. The Hall–Kier alpha value is 0.0969. The predicted molar refractivity (Wildman–Crippen MR) is 70.1 cm³/mol. The van der Waals surface area contributed by atoms with E-state index in [1.807, 2.05) is 0 Å². The molecule has 0 saturated carbocycles. The van der Waals surface area contributed by atoms with Crippen LogP contribution in [0, 0.1) is 5.92 Å². The maximum absolute atomic E-state index is 9.84. The average molecular weight is 245 g/mol. The van der Waals surface area contributed by atoms with Crippen molar-refractivity contribution >= 4 is 8.32 Å². The number of hydrogen-bond donors (Lipinski definition) is 2. The predicted octanol–water partition coefficient (Wildman–Crippen LogP) is 1.98. The van der Waals surface area contributed by atoms with Crippen LogP contribution < -0.4 is 5.32 Å². The molecule has 0 aromatic rings. The van der Waals surface area contributed by atoms with Gasteiger partial charge in [-0.3, -0.25) is 0 Å². The van der Waals surface area contributed by atoms with Crippen LogP contribution in [0.3, 0.4) is 0 Å². The van der Waals surface area contributed by atoms with Crippen molar-refractivity contribution in [2.45, 2.75) is 51.4 Å². The fraction of sp³-hybridized carbons (Fsp3) is 1.00. The van der Waals surface area contributed by atoms with Gasteiger partial charge in [-0.1, -0.05) is 20.8 Å². The number of nitrogens with one attached hydrogen (secondary N) is 1. The van der Waals surface area contributed by atoms with Gasteiger partial charge in [0.1, 0.15) is 0 Å². The van der Waals surface area contributed by atoms with Crippen LogP contribution >= 0.6 is 0 Å². The molecule has 0 aliphatic carbocycles. The van der Waals surface area contributed by atoms with Crippen LogP contribution in [0.2, 0.25) is 18.1 Å². The van der Waals surface area contributed by atoms with Crippen LogP contribution in [0.1, 0.15) is 27.2 Å². The standard InChI is InChI=1S/C12H27NO2Si/c1-12(2,3)16(4,5)15-9-10-6-7-13-8-11(10)14/h10-11,13-14H,6-9H2,1-5H3. The van der Waals surface area contributed by atoms with Gasteiger partial charge in [-0.15, -0.1) is 0 Å². The number of aliphatic hydroxyl groups is 1. The smallest absolute Gasteiger partial charge is 0.191 e.